The average Bonchev–Trinajstić information content (AvgIpc) is 2.82. The molecule has 20 heavy (non-hydrogen) atoms. The van der Waals surface area contributed by atoms with E-state index in [9.17, 15) is 4.39 Å². The van der Waals surface area contributed by atoms with Crippen LogP contribution in [-0.2, 0) is 0 Å². The molecule has 0 radical (unpaired) electrons. The van der Waals surface area contributed by atoms with E-state index in [1.54, 1.807) is 5.12 Å². The van der Waals surface area contributed by atoms with Gasteiger partial charge in [-0.3, -0.25) is 0 Å². The summed E-state index contributed by atoms with van der Waals surface area (Å²) in [6, 6.07) is 15.5. The number of nitrogens with one attached hydrogen (secondary N) is 1. The molecule has 102 valence electrons. The molecule has 0 saturated heterocycles. The first-order valence-corrected chi connectivity index (χ1v) is 6.38. The first kappa shape index (κ1) is 12.5. The number of amidine groups is 1. The quantitative estimate of drug-likeness (QED) is 0.849. The summed E-state index contributed by atoms with van der Waals surface area (Å²) in [5.41, 5.74) is 6.49. The van der Waals surface area contributed by atoms with Gasteiger partial charge >= 0.3 is 6.09 Å². The summed E-state index contributed by atoms with van der Waals surface area (Å²) in [6.45, 7) is 4.02. The summed E-state index contributed by atoms with van der Waals surface area (Å²) in [6.07, 6.45) is -0.633. The van der Waals surface area contributed by atoms with E-state index in [0.29, 0.717) is 0 Å². The molecule has 4 nitrogen and oxygen atoms in total. The summed E-state index contributed by atoms with van der Waals surface area (Å²) in [7, 11) is 0. The van der Waals surface area contributed by atoms with Crippen LogP contribution >= 0.6 is 0 Å². The Morgan fingerprint density at radius 2 is 1.35 bits per heavy atom. The number of halogens is 1. The van der Waals surface area contributed by atoms with Crippen LogP contribution in [0.2, 0.25) is 0 Å². The van der Waals surface area contributed by atoms with E-state index in [4.69, 9.17) is 0 Å². The molecule has 0 unspecified atom stereocenters. The molecule has 0 amide bonds. The zero-order valence-corrected chi connectivity index (χ0v) is 11.3. The fourth-order valence-corrected chi connectivity index (χ4v) is 2.00. The predicted octanol–water partition coefficient (Wildman–Crippen LogP) is 3.29. The number of hydrogen-bond donors (Lipinski definition) is 1. The minimum absolute atomic E-state index is 0.633. The molecular formula is C15H15FN4. The number of hydrazine groups is 2. The Morgan fingerprint density at radius 3 is 1.90 bits per heavy atom. The highest BCUT2D eigenvalue weighted by atomic mass is 19.1. The zero-order chi connectivity index (χ0) is 14.1. The highest BCUT2D eigenvalue weighted by Crippen LogP contribution is 2.25. The smallest absolute Gasteiger partial charge is 0.235 e. The lowest BCUT2D eigenvalue weighted by Gasteiger charge is -2.27. The summed E-state index contributed by atoms with van der Waals surface area (Å²) in [4.78, 5) is 0. The van der Waals surface area contributed by atoms with Crippen molar-refractivity contribution < 1.29 is 4.39 Å². The third kappa shape index (κ3) is 2.30. The van der Waals surface area contributed by atoms with Crippen molar-refractivity contribution in [2.24, 2.45) is 5.10 Å². The number of benzene rings is 2. The second-order valence-corrected chi connectivity index (χ2v) is 4.77. The van der Waals surface area contributed by atoms with Gasteiger partial charge in [0.1, 0.15) is 0 Å². The van der Waals surface area contributed by atoms with Crippen molar-refractivity contribution in [1.82, 2.24) is 5.43 Å². The minimum atomic E-state index is -0.633. The number of hydrazone groups is 1. The fourth-order valence-electron chi connectivity index (χ4n) is 2.00. The van der Waals surface area contributed by atoms with Gasteiger partial charge in [0.2, 0.25) is 0 Å². The third-order valence-corrected chi connectivity index (χ3v) is 3.11. The van der Waals surface area contributed by atoms with Crippen molar-refractivity contribution in [3.63, 3.8) is 0 Å². The normalized spacial score (nSPS) is 14.2. The molecule has 0 bridgehead atoms. The maximum Gasteiger partial charge on any atom is 0.321 e. The first-order valence-electron chi connectivity index (χ1n) is 6.38. The Kier molecular flexibility index (Phi) is 3.02. The van der Waals surface area contributed by atoms with Gasteiger partial charge in [-0.1, -0.05) is 40.5 Å². The molecule has 1 N–H and O–H groups in total. The summed E-state index contributed by atoms with van der Waals surface area (Å²) in [5, 5.41) is 6.94. The first-order chi connectivity index (χ1) is 9.63. The van der Waals surface area contributed by atoms with E-state index in [-0.39, 0.29) is 0 Å². The van der Waals surface area contributed by atoms with Crippen molar-refractivity contribution >= 4 is 17.5 Å². The lowest BCUT2D eigenvalue weighted by atomic mass is 10.2. The van der Waals surface area contributed by atoms with Crippen molar-refractivity contribution in [3.8, 4) is 0 Å². The van der Waals surface area contributed by atoms with Crippen LogP contribution < -0.4 is 15.7 Å². The largest absolute Gasteiger partial charge is 0.321 e. The van der Waals surface area contributed by atoms with Gasteiger partial charge in [-0.05, 0) is 38.1 Å². The van der Waals surface area contributed by atoms with E-state index in [1.807, 2.05) is 62.4 Å². The van der Waals surface area contributed by atoms with Gasteiger partial charge in [0.25, 0.3) is 0 Å². The molecule has 0 fully saturated rings. The van der Waals surface area contributed by atoms with Crippen LogP contribution in [0.4, 0.5) is 15.8 Å². The topological polar surface area (TPSA) is 30.9 Å². The van der Waals surface area contributed by atoms with Gasteiger partial charge in [-0.2, -0.15) is 9.51 Å². The van der Waals surface area contributed by atoms with E-state index in [0.717, 1.165) is 22.5 Å². The van der Waals surface area contributed by atoms with Crippen molar-refractivity contribution in [3.05, 3.63) is 59.7 Å². The monoisotopic (exact) mass is 270 g/mol. The fraction of sp³-hybridized carbons (Fsp3) is 0.133. The van der Waals surface area contributed by atoms with E-state index >= 15 is 0 Å². The lowest BCUT2D eigenvalue weighted by molar-refractivity contribution is 0.720. The van der Waals surface area contributed by atoms with Gasteiger partial charge in [0.15, 0.2) is 0 Å². The molecular weight excluding hydrogens is 255 g/mol. The number of aryl methyl sites for hydroxylation is 2. The van der Waals surface area contributed by atoms with Crippen molar-refractivity contribution in [1.29, 1.82) is 0 Å². The maximum absolute atomic E-state index is 13.5. The van der Waals surface area contributed by atoms with Crippen LogP contribution in [0, 0.1) is 13.8 Å². The molecule has 3 rings (SSSR count). The van der Waals surface area contributed by atoms with Gasteiger partial charge in [-0.15, -0.1) is 5.12 Å². The zero-order valence-electron chi connectivity index (χ0n) is 11.3. The molecule has 0 spiro atoms. The van der Waals surface area contributed by atoms with Gasteiger partial charge in [0, 0.05) is 0 Å². The van der Waals surface area contributed by atoms with Gasteiger partial charge in [0.05, 0.1) is 11.4 Å². The molecule has 0 saturated carbocycles. The van der Waals surface area contributed by atoms with Gasteiger partial charge in [-0.25, -0.2) is 5.43 Å². The molecule has 1 heterocycles. The van der Waals surface area contributed by atoms with Crippen LogP contribution in [0.3, 0.4) is 0 Å². The van der Waals surface area contributed by atoms with E-state index < -0.39 is 6.09 Å². The third-order valence-electron chi connectivity index (χ3n) is 3.11. The second-order valence-electron chi connectivity index (χ2n) is 4.77. The molecule has 0 aromatic heterocycles. The summed E-state index contributed by atoms with van der Waals surface area (Å²) >= 11 is 0. The second kappa shape index (κ2) is 4.85. The Balaban J connectivity index is 1.95. The average molecular weight is 270 g/mol. The van der Waals surface area contributed by atoms with Crippen LogP contribution in [0.5, 0.6) is 0 Å². The molecule has 1 aliphatic heterocycles. The molecule has 0 aliphatic carbocycles. The lowest BCUT2D eigenvalue weighted by Crippen LogP contribution is -2.43. The highest BCUT2D eigenvalue weighted by Gasteiger charge is 2.25. The Labute approximate surface area is 117 Å². The molecule has 0 atom stereocenters. The van der Waals surface area contributed by atoms with E-state index in [2.05, 4.69) is 10.5 Å². The molecule has 2 aromatic rings. The van der Waals surface area contributed by atoms with Crippen molar-refractivity contribution in [2.45, 2.75) is 13.8 Å². The van der Waals surface area contributed by atoms with Crippen LogP contribution in [0.25, 0.3) is 0 Å². The molecule has 2 aromatic carbocycles. The van der Waals surface area contributed by atoms with Crippen LogP contribution in [-0.4, -0.2) is 6.09 Å². The van der Waals surface area contributed by atoms with Gasteiger partial charge < -0.3 is 0 Å². The number of nitrogens with zero attached hydrogens (tertiary/aromatic N) is 3. The minimum Gasteiger partial charge on any atom is -0.235 e. The number of anilines is 2. The van der Waals surface area contributed by atoms with Crippen molar-refractivity contribution in [2.75, 3.05) is 10.2 Å². The number of hydrogen-bond acceptors (Lipinski definition) is 4. The predicted molar refractivity (Wildman–Crippen MR) is 79.0 cm³/mol. The standard InChI is InChI=1S/C15H15FN4/c1-11-3-7-13(8-4-11)19-17-15(16)18-20(19)14-9-5-12(2)6-10-14/h3-10H,1-2H3,(H,17,18). The molecule has 1 aliphatic rings. The maximum atomic E-state index is 13.5. The SMILES string of the molecule is Cc1ccc(N2N=C(F)NN2c2ccc(C)cc2)cc1. The highest BCUT2D eigenvalue weighted by molar-refractivity contribution is 5.80. The van der Waals surface area contributed by atoms with E-state index in [1.165, 1.54) is 5.12 Å². The Hall–Kier alpha value is -2.56. The summed E-state index contributed by atoms with van der Waals surface area (Å²) in [5.74, 6) is 0. The summed E-state index contributed by atoms with van der Waals surface area (Å²) < 4.78 is 13.5. The number of rotatable bonds is 2. The Bertz CT molecular complexity index is 634. The Morgan fingerprint density at radius 1 is 0.850 bits per heavy atom. The van der Waals surface area contributed by atoms with Crippen LogP contribution in [0.15, 0.2) is 53.6 Å². The molecule has 5 heteroatoms. The van der Waals surface area contributed by atoms with Crippen LogP contribution in [0.1, 0.15) is 11.1 Å².